The van der Waals surface area contributed by atoms with E-state index in [0.29, 0.717) is 5.56 Å². The molecular weight excluding hydrogens is 208 g/mol. The summed E-state index contributed by atoms with van der Waals surface area (Å²) in [5.41, 5.74) is 0.173. The molecule has 0 aromatic heterocycles. The van der Waals surface area contributed by atoms with Crippen LogP contribution in [0.4, 0.5) is 0 Å². The van der Waals surface area contributed by atoms with E-state index in [9.17, 15) is 9.59 Å². The van der Waals surface area contributed by atoms with Crippen molar-refractivity contribution in [3.8, 4) is 0 Å². The maximum Gasteiger partial charge on any atom is 0.350 e. The first-order valence-corrected chi connectivity index (χ1v) is 4.47. The molecule has 1 N–H and O–H groups in total. The van der Waals surface area contributed by atoms with Crippen LogP contribution in [0.25, 0.3) is 6.08 Å². The summed E-state index contributed by atoms with van der Waals surface area (Å²) in [5.74, 6) is -2.28. The standard InChI is InChI=1S/C12H10O4/c1-2-16-12(15)10(11(13)14)8-9-6-4-3-5-7-9/h2-8H,1H2,(H,13,14). The second-order valence-electron chi connectivity index (χ2n) is 2.85. The number of carbonyl (C=O) groups is 2. The van der Waals surface area contributed by atoms with Gasteiger partial charge < -0.3 is 9.84 Å². The first-order chi connectivity index (χ1) is 7.65. The predicted octanol–water partition coefficient (Wildman–Crippen LogP) is 1.84. The van der Waals surface area contributed by atoms with E-state index in [-0.39, 0.29) is 0 Å². The topological polar surface area (TPSA) is 63.6 Å². The lowest BCUT2D eigenvalue weighted by Gasteiger charge is -2.00. The molecule has 1 aromatic carbocycles. The van der Waals surface area contributed by atoms with Gasteiger partial charge in [-0.1, -0.05) is 36.9 Å². The van der Waals surface area contributed by atoms with Crippen molar-refractivity contribution < 1.29 is 19.4 Å². The van der Waals surface area contributed by atoms with Crippen LogP contribution < -0.4 is 0 Å². The molecule has 0 saturated carbocycles. The average molecular weight is 218 g/mol. The van der Waals surface area contributed by atoms with Gasteiger partial charge in [0.05, 0.1) is 6.26 Å². The Bertz CT molecular complexity index is 432. The maximum atomic E-state index is 11.2. The van der Waals surface area contributed by atoms with Gasteiger partial charge in [0.2, 0.25) is 0 Å². The van der Waals surface area contributed by atoms with Crippen molar-refractivity contribution in [3.63, 3.8) is 0 Å². The number of hydrogen-bond donors (Lipinski definition) is 1. The number of ether oxygens (including phenoxy) is 1. The van der Waals surface area contributed by atoms with E-state index in [0.717, 1.165) is 6.26 Å². The minimum atomic E-state index is -1.34. The quantitative estimate of drug-likeness (QED) is 0.275. The third kappa shape index (κ3) is 3.09. The molecule has 0 amide bonds. The number of aliphatic carboxylic acids is 1. The molecule has 0 radical (unpaired) electrons. The molecule has 0 heterocycles. The molecule has 4 heteroatoms. The van der Waals surface area contributed by atoms with Gasteiger partial charge in [-0.2, -0.15) is 0 Å². The zero-order valence-corrected chi connectivity index (χ0v) is 8.42. The van der Waals surface area contributed by atoms with Crippen LogP contribution >= 0.6 is 0 Å². The third-order valence-corrected chi connectivity index (χ3v) is 1.75. The normalized spacial score (nSPS) is 10.6. The van der Waals surface area contributed by atoms with Gasteiger partial charge in [-0.15, -0.1) is 0 Å². The number of hydrogen-bond acceptors (Lipinski definition) is 3. The summed E-state index contributed by atoms with van der Waals surface area (Å²) in [6, 6.07) is 8.64. The van der Waals surface area contributed by atoms with E-state index >= 15 is 0 Å². The molecule has 0 atom stereocenters. The lowest BCUT2D eigenvalue weighted by Crippen LogP contribution is -2.12. The number of carboxylic acids is 1. The summed E-state index contributed by atoms with van der Waals surface area (Å²) < 4.78 is 4.41. The van der Waals surface area contributed by atoms with Crippen molar-refractivity contribution in [2.75, 3.05) is 0 Å². The van der Waals surface area contributed by atoms with Crippen molar-refractivity contribution in [2.45, 2.75) is 0 Å². The fraction of sp³-hybridized carbons (Fsp3) is 0. The number of benzene rings is 1. The Balaban J connectivity index is 3.03. The Hall–Kier alpha value is -2.36. The zero-order valence-electron chi connectivity index (χ0n) is 8.42. The van der Waals surface area contributed by atoms with Crippen LogP contribution in [0.5, 0.6) is 0 Å². The molecule has 1 aromatic rings. The highest BCUT2D eigenvalue weighted by Crippen LogP contribution is 2.08. The SMILES string of the molecule is C=COC(=O)C(=Cc1ccccc1)C(=O)O. The van der Waals surface area contributed by atoms with E-state index in [1.54, 1.807) is 30.3 Å². The molecule has 0 spiro atoms. The van der Waals surface area contributed by atoms with Gasteiger partial charge in [-0.25, -0.2) is 9.59 Å². The van der Waals surface area contributed by atoms with Gasteiger partial charge in [0, 0.05) is 0 Å². The molecule has 0 saturated heterocycles. The third-order valence-electron chi connectivity index (χ3n) is 1.75. The summed E-state index contributed by atoms with van der Waals surface area (Å²) in [5, 5.41) is 8.83. The number of carbonyl (C=O) groups excluding carboxylic acids is 1. The Morgan fingerprint density at radius 1 is 1.25 bits per heavy atom. The summed E-state index contributed by atoms with van der Waals surface area (Å²) >= 11 is 0. The summed E-state index contributed by atoms with van der Waals surface area (Å²) in [6.07, 6.45) is 2.14. The van der Waals surface area contributed by atoms with E-state index in [1.165, 1.54) is 6.08 Å². The number of carboxylic acid groups (broad SMARTS) is 1. The van der Waals surface area contributed by atoms with E-state index < -0.39 is 17.5 Å². The highest BCUT2D eigenvalue weighted by Gasteiger charge is 2.17. The minimum absolute atomic E-state index is 0.439. The molecular formula is C12H10O4. The predicted molar refractivity (Wildman–Crippen MR) is 58.3 cm³/mol. The van der Waals surface area contributed by atoms with Crippen molar-refractivity contribution in [3.05, 3.63) is 54.3 Å². The summed E-state index contributed by atoms with van der Waals surface area (Å²) in [6.45, 7) is 3.19. The number of esters is 1. The van der Waals surface area contributed by atoms with Gasteiger partial charge >= 0.3 is 11.9 Å². The van der Waals surface area contributed by atoms with Crippen LogP contribution in [0.15, 0.2) is 48.7 Å². The minimum Gasteiger partial charge on any atom is -0.477 e. The highest BCUT2D eigenvalue weighted by atomic mass is 16.5. The second-order valence-corrected chi connectivity index (χ2v) is 2.85. The highest BCUT2D eigenvalue weighted by molar-refractivity contribution is 6.17. The lowest BCUT2D eigenvalue weighted by molar-refractivity contribution is -0.140. The fourth-order valence-corrected chi connectivity index (χ4v) is 1.06. The Labute approximate surface area is 92.5 Å². The molecule has 0 fully saturated rings. The summed E-state index contributed by atoms with van der Waals surface area (Å²) in [7, 11) is 0. The summed E-state index contributed by atoms with van der Waals surface area (Å²) in [4.78, 5) is 22.1. The van der Waals surface area contributed by atoms with E-state index in [2.05, 4.69) is 11.3 Å². The molecule has 0 bridgehead atoms. The van der Waals surface area contributed by atoms with Crippen molar-refractivity contribution >= 4 is 18.0 Å². The Morgan fingerprint density at radius 3 is 2.38 bits per heavy atom. The monoisotopic (exact) mass is 218 g/mol. The van der Waals surface area contributed by atoms with E-state index in [4.69, 9.17) is 5.11 Å². The largest absolute Gasteiger partial charge is 0.477 e. The smallest absolute Gasteiger partial charge is 0.350 e. The first-order valence-electron chi connectivity index (χ1n) is 4.47. The molecule has 82 valence electrons. The first kappa shape index (κ1) is 11.7. The van der Waals surface area contributed by atoms with Gasteiger partial charge in [0.25, 0.3) is 0 Å². The van der Waals surface area contributed by atoms with Crippen molar-refractivity contribution in [1.82, 2.24) is 0 Å². The van der Waals surface area contributed by atoms with Gasteiger partial charge in [0.1, 0.15) is 5.57 Å². The van der Waals surface area contributed by atoms with E-state index in [1.807, 2.05) is 0 Å². The second kappa shape index (κ2) is 5.50. The molecule has 4 nitrogen and oxygen atoms in total. The van der Waals surface area contributed by atoms with Crippen LogP contribution in [-0.4, -0.2) is 17.0 Å². The fourth-order valence-electron chi connectivity index (χ4n) is 1.06. The van der Waals surface area contributed by atoms with Crippen LogP contribution in [0.1, 0.15) is 5.56 Å². The molecule has 0 aliphatic carbocycles. The lowest BCUT2D eigenvalue weighted by atomic mass is 10.1. The Kier molecular flexibility index (Phi) is 4.03. The molecule has 16 heavy (non-hydrogen) atoms. The molecule has 1 rings (SSSR count). The van der Waals surface area contributed by atoms with Crippen LogP contribution in [0.2, 0.25) is 0 Å². The van der Waals surface area contributed by atoms with Gasteiger partial charge in [-0.3, -0.25) is 0 Å². The van der Waals surface area contributed by atoms with Gasteiger partial charge in [-0.05, 0) is 11.6 Å². The average Bonchev–Trinajstić information content (AvgIpc) is 2.27. The zero-order chi connectivity index (χ0) is 12.0. The Morgan fingerprint density at radius 2 is 1.88 bits per heavy atom. The van der Waals surface area contributed by atoms with Gasteiger partial charge in [0.15, 0.2) is 0 Å². The molecule has 0 unspecified atom stereocenters. The maximum absolute atomic E-state index is 11.2. The van der Waals surface area contributed by atoms with Crippen LogP contribution in [0, 0.1) is 0 Å². The van der Waals surface area contributed by atoms with Crippen molar-refractivity contribution in [2.24, 2.45) is 0 Å². The van der Waals surface area contributed by atoms with Crippen LogP contribution in [-0.2, 0) is 14.3 Å². The van der Waals surface area contributed by atoms with Crippen LogP contribution in [0.3, 0.4) is 0 Å². The molecule has 0 aliphatic heterocycles. The van der Waals surface area contributed by atoms with Crippen molar-refractivity contribution in [1.29, 1.82) is 0 Å². The molecule has 0 aliphatic rings. The number of rotatable bonds is 4.